The Bertz CT molecular complexity index is 895. The van der Waals surface area contributed by atoms with Crippen LogP contribution in [0.15, 0.2) is 52.1 Å². The first-order chi connectivity index (χ1) is 10.0. The molecule has 1 amide bonds. The van der Waals surface area contributed by atoms with Crippen LogP contribution in [-0.4, -0.2) is 15.5 Å². The van der Waals surface area contributed by atoms with Gasteiger partial charge in [-0.3, -0.25) is 9.59 Å². The van der Waals surface area contributed by atoms with Crippen LogP contribution in [0.4, 0.5) is 5.69 Å². The maximum absolute atomic E-state index is 12.3. The molecule has 6 heteroatoms. The van der Waals surface area contributed by atoms with Crippen LogP contribution in [0.5, 0.6) is 0 Å². The molecule has 2 aromatic heterocycles. The van der Waals surface area contributed by atoms with Gasteiger partial charge in [0.05, 0.1) is 4.47 Å². The molecule has 5 nitrogen and oxygen atoms in total. The van der Waals surface area contributed by atoms with Crippen molar-refractivity contribution >= 4 is 38.4 Å². The molecule has 3 aromatic rings. The Morgan fingerprint density at radius 3 is 2.90 bits per heavy atom. The molecule has 2 N–H and O–H groups in total. The average molecular weight is 346 g/mol. The van der Waals surface area contributed by atoms with E-state index in [1.807, 2.05) is 18.3 Å². The van der Waals surface area contributed by atoms with Crippen molar-refractivity contribution in [1.29, 1.82) is 0 Å². The number of benzene rings is 1. The number of pyridine rings is 1. The number of anilines is 1. The van der Waals surface area contributed by atoms with Crippen LogP contribution in [0.1, 0.15) is 10.4 Å². The molecule has 0 fully saturated rings. The fraction of sp³-hybridized carbons (Fsp3) is 0.0667. The van der Waals surface area contributed by atoms with Crippen molar-refractivity contribution in [3.8, 4) is 0 Å². The second-order valence-electron chi connectivity index (χ2n) is 4.75. The number of aromatic amines is 1. The quantitative estimate of drug-likeness (QED) is 0.749. The van der Waals surface area contributed by atoms with Gasteiger partial charge < -0.3 is 14.9 Å². The summed E-state index contributed by atoms with van der Waals surface area (Å²) in [5.74, 6) is -0.318. The van der Waals surface area contributed by atoms with E-state index >= 15 is 0 Å². The minimum Gasteiger partial charge on any atom is -0.361 e. The van der Waals surface area contributed by atoms with E-state index in [2.05, 4.69) is 26.2 Å². The molecular weight excluding hydrogens is 334 g/mol. The summed E-state index contributed by atoms with van der Waals surface area (Å²) in [5, 5.41) is 3.68. The first-order valence-corrected chi connectivity index (χ1v) is 7.08. The van der Waals surface area contributed by atoms with E-state index in [1.54, 1.807) is 36.1 Å². The summed E-state index contributed by atoms with van der Waals surface area (Å²) in [6.07, 6.45) is 5.04. The summed E-state index contributed by atoms with van der Waals surface area (Å²) >= 11 is 3.18. The molecule has 3 rings (SSSR count). The van der Waals surface area contributed by atoms with Gasteiger partial charge in [-0.25, -0.2) is 0 Å². The van der Waals surface area contributed by atoms with Gasteiger partial charge in [0.2, 0.25) is 5.43 Å². The molecule has 0 spiro atoms. The van der Waals surface area contributed by atoms with Gasteiger partial charge >= 0.3 is 0 Å². The number of aryl methyl sites for hydroxylation is 1. The highest BCUT2D eigenvalue weighted by Crippen LogP contribution is 2.15. The third-order valence-corrected chi connectivity index (χ3v) is 3.74. The van der Waals surface area contributed by atoms with Gasteiger partial charge in [0.15, 0.2) is 0 Å². The Hall–Kier alpha value is -2.34. The third-order valence-electron chi connectivity index (χ3n) is 3.18. The van der Waals surface area contributed by atoms with Crippen molar-refractivity contribution in [3.05, 3.63) is 63.1 Å². The summed E-state index contributed by atoms with van der Waals surface area (Å²) < 4.78 is 2.11. The molecule has 2 heterocycles. The smallest absolute Gasteiger partial charge is 0.255 e. The van der Waals surface area contributed by atoms with Crippen LogP contribution in [0.2, 0.25) is 0 Å². The minimum atomic E-state index is -0.318. The Morgan fingerprint density at radius 1 is 1.29 bits per heavy atom. The lowest BCUT2D eigenvalue weighted by molar-refractivity contribution is 0.102. The van der Waals surface area contributed by atoms with Crippen LogP contribution in [0.3, 0.4) is 0 Å². The predicted molar refractivity (Wildman–Crippen MR) is 85.6 cm³/mol. The number of nitrogens with one attached hydrogen (secondary N) is 2. The van der Waals surface area contributed by atoms with E-state index in [4.69, 9.17) is 0 Å². The van der Waals surface area contributed by atoms with E-state index in [-0.39, 0.29) is 17.0 Å². The topological polar surface area (TPSA) is 66.9 Å². The van der Waals surface area contributed by atoms with Crippen molar-refractivity contribution < 1.29 is 4.79 Å². The SMILES string of the molecule is Cn1cc(Br)c(=O)c(NC(=O)c2ccc3cc[nH]c3c2)c1. The number of amides is 1. The highest BCUT2D eigenvalue weighted by atomic mass is 79.9. The Balaban J connectivity index is 1.94. The lowest BCUT2D eigenvalue weighted by atomic mass is 10.1. The van der Waals surface area contributed by atoms with Crippen LogP contribution < -0.4 is 10.7 Å². The van der Waals surface area contributed by atoms with E-state index in [0.29, 0.717) is 10.0 Å². The number of aromatic nitrogens is 2. The number of hydrogen-bond donors (Lipinski definition) is 2. The largest absolute Gasteiger partial charge is 0.361 e. The summed E-state index contributed by atoms with van der Waals surface area (Å²) in [5.41, 5.74) is 1.36. The first kappa shape index (κ1) is 13.6. The number of halogens is 1. The van der Waals surface area contributed by atoms with Gasteiger partial charge in [-0.2, -0.15) is 0 Å². The standard InChI is InChI=1S/C15H12BrN3O2/c1-19-7-11(16)14(20)13(8-19)18-15(21)10-3-2-9-4-5-17-12(9)6-10/h2-8,17H,1H3,(H,18,21). The monoisotopic (exact) mass is 345 g/mol. The molecule has 0 aliphatic rings. The molecular formula is C15H12BrN3O2. The molecule has 21 heavy (non-hydrogen) atoms. The summed E-state index contributed by atoms with van der Waals surface area (Å²) in [6.45, 7) is 0. The average Bonchev–Trinajstić information content (AvgIpc) is 2.91. The summed E-state index contributed by atoms with van der Waals surface area (Å²) in [7, 11) is 1.78. The van der Waals surface area contributed by atoms with Gasteiger partial charge in [0.1, 0.15) is 5.69 Å². The zero-order valence-corrected chi connectivity index (χ0v) is 12.8. The number of carbonyl (C=O) groups excluding carboxylic acids is 1. The van der Waals surface area contributed by atoms with E-state index in [0.717, 1.165) is 10.9 Å². The van der Waals surface area contributed by atoms with E-state index < -0.39 is 0 Å². The number of nitrogens with zero attached hydrogens (tertiary/aromatic N) is 1. The number of carbonyl (C=O) groups is 1. The summed E-state index contributed by atoms with van der Waals surface area (Å²) in [4.78, 5) is 27.3. The normalized spacial score (nSPS) is 10.8. The van der Waals surface area contributed by atoms with Gasteiger partial charge in [-0.05, 0) is 39.5 Å². The van der Waals surface area contributed by atoms with Crippen LogP contribution >= 0.6 is 15.9 Å². The molecule has 0 saturated carbocycles. The molecule has 0 bridgehead atoms. The van der Waals surface area contributed by atoms with Crippen molar-refractivity contribution in [3.63, 3.8) is 0 Å². The molecule has 1 aromatic carbocycles. The number of H-pyrrole nitrogens is 1. The highest BCUT2D eigenvalue weighted by molar-refractivity contribution is 9.10. The zero-order valence-electron chi connectivity index (χ0n) is 11.2. The van der Waals surface area contributed by atoms with Crippen LogP contribution in [0.25, 0.3) is 10.9 Å². The zero-order chi connectivity index (χ0) is 15.0. The fourth-order valence-corrected chi connectivity index (χ4v) is 2.67. The maximum atomic E-state index is 12.3. The van der Waals surface area contributed by atoms with Gasteiger partial charge in [0, 0.05) is 36.7 Å². The van der Waals surface area contributed by atoms with Gasteiger partial charge in [-0.1, -0.05) is 6.07 Å². The Kier molecular flexibility index (Phi) is 3.39. The maximum Gasteiger partial charge on any atom is 0.255 e. The Morgan fingerprint density at radius 2 is 2.10 bits per heavy atom. The minimum absolute atomic E-state index is 0.239. The number of hydrogen-bond acceptors (Lipinski definition) is 2. The molecule has 0 atom stereocenters. The molecule has 106 valence electrons. The predicted octanol–water partition coefficient (Wildman–Crippen LogP) is 2.88. The Labute approximate surface area is 128 Å². The lowest BCUT2D eigenvalue weighted by Crippen LogP contribution is -2.20. The number of fused-ring (bicyclic) bond motifs is 1. The van der Waals surface area contributed by atoms with Crippen LogP contribution in [-0.2, 0) is 7.05 Å². The second kappa shape index (κ2) is 5.21. The lowest BCUT2D eigenvalue weighted by Gasteiger charge is -2.07. The highest BCUT2D eigenvalue weighted by Gasteiger charge is 2.11. The van der Waals surface area contributed by atoms with Crippen molar-refractivity contribution in [1.82, 2.24) is 9.55 Å². The summed E-state index contributed by atoms with van der Waals surface area (Å²) in [6, 6.07) is 7.28. The van der Waals surface area contributed by atoms with E-state index in [9.17, 15) is 9.59 Å². The van der Waals surface area contributed by atoms with Gasteiger partial charge in [0.25, 0.3) is 5.91 Å². The molecule has 0 saturated heterocycles. The molecule has 0 radical (unpaired) electrons. The number of rotatable bonds is 2. The fourth-order valence-electron chi connectivity index (χ4n) is 2.14. The molecule has 0 aliphatic heterocycles. The van der Waals surface area contributed by atoms with E-state index in [1.165, 1.54) is 0 Å². The van der Waals surface area contributed by atoms with Crippen LogP contribution in [0, 0.1) is 0 Å². The first-order valence-electron chi connectivity index (χ1n) is 6.29. The molecule has 0 aliphatic carbocycles. The van der Waals surface area contributed by atoms with Gasteiger partial charge in [-0.15, -0.1) is 0 Å². The van der Waals surface area contributed by atoms with Crippen molar-refractivity contribution in [2.45, 2.75) is 0 Å². The van der Waals surface area contributed by atoms with Crippen molar-refractivity contribution in [2.24, 2.45) is 7.05 Å². The van der Waals surface area contributed by atoms with Crippen molar-refractivity contribution in [2.75, 3.05) is 5.32 Å². The molecule has 0 unspecified atom stereocenters. The third kappa shape index (κ3) is 2.62. The second-order valence-corrected chi connectivity index (χ2v) is 5.60.